The molecular formula is C26H26N4O3S3. The predicted octanol–water partition coefficient (Wildman–Crippen LogP) is 5.13. The Morgan fingerprint density at radius 1 is 1.31 bits per heavy atom. The molecular weight excluding hydrogens is 513 g/mol. The number of fused-ring (bicyclic) bond motifs is 2. The molecule has 0 bridgehead atoms. The smallest absolute Gasteiger partial charge is 0.341 e. The van der Waals surface area contributed by atoms with Gasteiger partial charge in [0.1, 0.15) is 16.1 Å². The summed E-state index contributed by atoms with van der Waals surface area (Å²) in [6, 6.07) is 6.39. The summed E-state index contributed by atoms with van der Waals surface area (Å²) in [5.41, 5.74) is 5.07. The standard InChI is InChI=1S/C26H26N4O3S3/c1-3-33-26(32)23-15-6-4-7-19(15)36-25(23)29-21(31)14-35-24-16(12-27)22(20-8-5-11-34-20)17-13-30(2)10-9-18(17)28-24/h5,8,11H,3-4,6-7,9-10,13-14H2,1-2H3,(H,29,31). The van der Waals surface area contributed by atoms with Gasteiger partial charge in [0.25, 0.3) is 0 Å². The van der Waals surface area contributed by atoms with E-state index in [1.807, 2.05) is 17.5 Å². The molecule has 0 spiro atoms. The van der Waals surface area contributed by atoms with Crippen LogP contribution in [0.5, 0.6) is 0 Å². The number of carbonyl (C=O) groups excluding carboxylic acids is 2. The van der Waals surface area contributed by atoms with E-state index in [1.54, 1.807) is 18.3 Å². The summed E-state index contributed by atoms with van der Waals surface area (Å²) in [5, 5.41) is 16.2. The topological polar surface area (TPSA) is 95.3 Å². The second-order valence-electron chi connectivity index (χ2n) is 8.79. The van der Waals surface area contributed by atoms with E-state index in [9.17, 15) is 14.9 Å². The number of hydrogen-bond acceptors (Lipinski definition) is 9. The van der Waals surface area contributed by atoms with Gasteiger partial charge in [-0.05, 0) is 55.8 Å². The van der Waals surface area contributed by atoms with Crippen LogP contribution >= 0.6 is 34.4 Å². The van der Waals surface area contributed by atoms with Gasteiger partial charge in [0.2, 0.25) is 5.91 Å². The molecule has 0 atom stereocenters. The van der Waals surface area contributed by atoms with Crippen molar-refractivity contribution in [2.24, 2.45) is 0 Å². The second kappa shape index (κ2) is 10.7. The predicted molar refractivity (Wildman–Crippen MR) is 144 cm³/mol. The number of nitrogens with zero attached hydrogens (tertiary/aromatic N) is 3. The van der Waals surface area contributed by atoms with Crippen molar-refractivity contribution < 1.29 is 14.3 Å². The third-order valence-corrected chi connectivity index (χ3v) is 9.45. The molecule has 1 N–H and O–H groups in total. The van der Waals surface area contributed by atoms with Gasteiger partial charge in [0.15, 0.2) is 0 Å². The maximum absolute atomic E-state index is 13.0. The molecule has 10 heteroatoms. The minimum atomic E-state index is -0.381. The van der Waals surface area contributed by atoms with Crippen LogP contribution in [0, 0.1) is 11.3 Å². The minimum absolute atomic E-state index is 0.0923. The number of thioether (sulfide) groups is 1. The SMILES string of the molecule is CCOC(=O)c1c(NC(=O)CSc2nc3c(c(-c4cccs4)c2C#N)CN(C)CC3)sc2c1CCC2. The molecule has 0 radical (unpaired) electrons. The first-order valence-corrected chi connectivity index (χ1v) is 14.6. The van der Waals surface area contributed by atoms with Crippen molar-refractivity contribution in [3.63, 3.8) is 0 Å². The number of ether oxygens (including phenoxy) is 1. The number of thiophene rings is 2. The first kappa shape index (κ1) is 25.0. The number of pyridine rings is 1. The maximum Gasteiger partial charge on any atom is 0.341 e. The average Bonchev–Trinajstić information content (AvgIpc) is 3.60. The van der Waals surface area contributed by atoms with E-state index in [0.717, 1.165) is 70.9 Å². The van der Waals surface area contributed by atoms with Crippen molar-refractivity contribution >= 4 is 51.3 Å². The first-order chi connectivity index (χ1) is 17.5. The van der Waals surface area contributed by atoms with Crippen LogP contribution in [-0.2, 0) is 35.3 Å². The van der Waals surface area contributed by atoms with Crippen LogP contribution in [0.4, 0.5) is 5.00 Å². The molecule has 0 fully saturated rings. The van der Waals surface area contributed by atoms with Gasteiger partial charge in [0.05, 0.1) is 23.5 Å². The fourth-order valence-electron chi connectivity index (χ4n) is 4.78. The van der Waals surface area contributed by atoms with E-state index in [-0.39, 0.29) is 24.2 Å². The molecule has 2 aliphatic rings. The zero-order valence-electron chi connectivity index (χ0n) is 20.2. The molecule has 3 aromatic heterocycles. The average molecular weight is 539 g/mol. The number of likely N-dealkylation sites (N-methyl/N-ethyl adjacent to an activating group) is 1. The van der Waals surface area contributed by atoms with Crippen LogP contribution in [-0.4, -0.2) is 47.7 Å². The molecule has 0 aromatic carbocycles. The van der Waals surface area contributed by atoms with Crippen molar-refractivity contribution in [2.45, 2.75) is 44.2 Å². The fourth-order valence-corrected chi connectivity index (χ4v) is 7.68. The number of esters is 1. The summed E-state index contributed by atoms with van der Waals surface area (Å²) in [5.74, 6) is -0.519. The normalized spacial score (nSPS) is 14.7. The van der Waals surface area contributed by atoms with Crippen LogP contribution in [0.15, 0.2) is 22.5 Å². The Morgan fingerprint density at radius 3 is 2.92 bits per heavy atom. The third kappa shape index (κ3) is 4.81. The fraction of sp³-hybridized carbons (Fsp3) is 0.385. The van der Waals surface area contributed by atoms with Gasteiger partial charge in [-0.25, -0.2) is 9.78 Å². The number of hydrogen-bond donors (Lipinski definition) is 1. The number of carbonyl (C=O) groups is 2. The van der Waals surface area contributed by atoms with Crippen LogP contribution < -0.4 is 5.32 Å². The van der Waals surface area contributed by atoms with Gasteiger partial charge < -0.3 is 15.0 Å². The lowest BCUT2D eigenvalue weighted by Crippen LogP contribution is -2.28. The molecule has 5 rings (SSSR count). The largest absolute Gasteiger partial charge is 0.462 e. The van der Waals surface area contributed by atoms with Crippen molar-refractivity contribution in [1.82, 2.24) is 9.88 Å². The first-order valence-electron chi connectivity index (χ1n) is 11.9. The third-order valence-electron chi connectivity index (χ3n) is 6.38. The summed E-state index contributed by atoms with van der Waals surface area (Å²) >= 11 is 4.35. The second-order valence-corrected chi connectivity index (χ2v) is 11.8. The Kier molecular flexibility index (Phi) is 7.44. The highest BCUT2D eigenvalue weighted by molar-refractivity contribution is 8.00. The van der Waals surface area contributed by atoms with E-state index in [0.29, 0.717) is 21.2 Å². The molecule has 4 heterocycles. The van der Waals surface area contributed by atoms with Gasteiger partial charge in [-0.1, -0.05) is 17.8 Å². The van der Waals surface area contributed by atoms with Crippen LogP contribution in [0.3, 0.4) is 0 Å². The highest BCUT2D eigenvalue weighted by atomic mass is 32.2. The van der Waals surface area contributed by atoms with Crippen molar-refractivity contribution in [3.8, 4) is 16.5 Å². The summed E-state index contributed by atoms with van der Waals surface area (Å²) in [6.45, 7) is 3.71. The number of amides is 1. The van der Waals surface area contributed by atoms with Crippen LogP contribution in [0.25, 0.3) is 10.4 Å². The maximum atomic E-state index is 13.0. The number of nitriles is 1. The molecule has 1 aliphatic carbocycles. The highest BCUT2D eigenvalue weighted by Gasteiger charge is 2.29. The van der Waals surface area contributed by atoms with Gasteiger partial charge in [-0.2, -0.15) is 5.26 Å². The summed E-state index contributed by atoms with van der Waals surface area (Å²) in [7, 11) is 2.07. The van der Waals surface area contributed by atoms with Crippen molar-refractivity contribution in [2.75, 3.05) is 31.3 Å². The van der Waals surface area contributed by atoms with E-state index in [1.165, 1.54) is 23.1 Å². The molecule has 0 saturated heterocycles. The lowest BCUT2D eigenvalue weighted by atomic mass is 9.96. The molecule has 36 heavy (non-hydrogen) atoms. The molecule has 3 aromatic rings. The number of nitrogens with one attached hydrogen (secondary N) is 1. The number of aromatic nitrogens is 1. The van der Waals surface area contributed by atoms with E-state index in [4.69, 9.17) is 9.72 Å². The Labute approximate surface area is 222 Å². The number of rotatable bonds is 7. The Hall–Kier alpha value is -2.71. The zero-order valence-corrected chi connectivity index (χ0v) is 22.6. The van der Waals surface area contributed by atoms with Crippen molar-refractivity contribution in [3.05, 3.63) is 50.3 Å². The van der Waals surface area contributed by atoms with Crippen LogP contribution in [0.2, 0.25) is 0 Å². The van der Waals surface area contributed by atoms with E-state index in [2.05, 4.69) is 23.3 Å². The Balaban J connectivity index is 1.40. The number of anilines is 1. The van der Waals surface area contributed by atoms with Gasteiger partial charge in [-0.15, -0.1) is 22.7 Å². The van der Waals surface area contributed by atoms with Crippen LogP contribution in [0.1, 0.15) is 51.0 Å². The van der Waals surface area contributed by atoms with Gasteiger partial charge in [0, 0.05) is 40.5 Å². The summed E-state index contributed by atoms with van der Waals surface area (Å²) < 4.78 is 5.27. The minimum Gasteiger partial charge on any atom is -0.462 e. The quantitative estimate of drug-likeness (QED) is 0.329. The molecule has 0 saturated carbocycles. The number of aryl methyl sites for hydroxylation is 1. The Bertz CT molecular complexity index is 1360. The van der Waals surface area contributed by atoms with Gasteiger partial charge in [-0.3, -0.25) is 4.79 Å². The zero-order chi connectivity index (χ0) is 25.2. The Morgan fingerprint density at radius 2 is 2.17 bits per heavy atom. The summed E-state index contributed by atoms with van der Waals surface area (Å²) in [4.78, 5) is 34.9. The highest BCUT2D eigenvalue weighted by Crippen LogP contribution is 2.41. The molecule has 0 unspecified atom stereocenters. The van der Waals surface area contributed by atoms with Crippen molar-refractivity contribution in [1.29, 1.82) is 5.26 Å². The molecule has 1 aliphatic heterocycles. The lowest BCUT2D eigenvalue weighted by molar-refractivity contribution is -0.113. The molecule has 7 nitrogen and oxygen atoms in total. The van der Waals surface area contributed by atoms with E-state index < -0.39 is 0 Å². The monoisotopic (exact) mass is 538 g/mol. The molecule has 186 valence electrons. The molecule has 1 amide bonds. The van der Waals surface area contributed by atoms with E-state index >= 15 is 0 Å². The lowest BCUT2D eigenvalue weighted by Gasteiger charge is -2.27. The summed E-state index contributed by atoms with van der Waals surface area (Å²) in [6.07, 6.45) is 3.57. The van der Waals surface area contributed by atoms with Gasteiger partial charge >= 0.3 is 5.97 Å².